The average molecular weight is 451 g/mol. The normalized spacial score (nSPS) is 14.5. The number of nitrogens with zero attached hydrogens (tertiary/aromatic N) is 3. The molecule has 0 unspecified atom stereocenters. The van der Waals surface area contributed by atoms with Crippen LogP contribution in [-0.2, 0) is 4.79 Å². The molecule has 5 rings (SSSR count). The first-order valence-electron chi connectivity index (χ1n) is 10.0. The van der Waals surface area contributed by atoms with Gasteiger partial charge in [0.2, 0.25) is 11.8 Å². The number of amides is 1. The van der Waals surface area contributed by atoms with Gasteiger partial charge in [-0.15, -0.1) is 10.2 Å². The summed E-state index contributed by atoms with van der Waals surface area (Å²) in [5, 5.41) is 13.0. The Hall–Kier alpha value is -2.90. The minimum absolute atomic E-state index is 0.00774. The molecule has 1 amide bonds. The Morgan fingerprint density at radius 2 is 1.94 bits per heavy atom. The molecule has 1 saturated carbocycles. The highest BCUT2D eigenvalue weighted by atomic mass is 35.5. The molecule has 31 heavy (non-hydrogen) atoms. The van der Waals surface area contributed by atoms with Gasteiger partial charge in [0.1, 0.15) is 0 Å². The number of fused-ring (bicyclic) bond motifs is 1. The first-order chi connectivity index (χ1) is 15.1. The summed E-state index contributed by atoms with van der Waals surface area (Å²) in [7, 11) is 0. The maximum Gasteiger partial charge on any atom is 0.277 e. The van der Waals surface area contributed by atoms with E-state index in [1.54, 1.807) is 0 Å². The minimum Gasteiger partial charge on any atom is -0.411 e. The van der Waals surface area contributed by atoms with Crippen LogP contribution in [0.2, 0.25) is 5.02 Å². The fraction of sp³-hybridized carbons (Fsp3) is 0.217. The summed E-state index contributed by atoms with van der Waals surface area (Å²) in [5.74, 6) is 0.387. The van der Waals surface area contributed by atoms with Crippen LogP contribution in [0.15, 0.2) is 64.2 Å². The Labute approximate surface area is 188 Å². The predicted octanol–water partition coefficient (Wildman–Crippen LogP) is 5.36. The second kappa shape index (κ2) is 8.32. The molecule has 0 aliphatic heterocycles. The van der Waals surface area contributed by atoms with Crippen LogP contribution >= 0.6 is 23.4 Å². The van der Waals surface area contributed by atoms with E-state index in [1.807, 2.05) is 61.5 Å². The monoisotopic (exact) mass is 450 g/mol. The van der Waals surface area contributed by atoms with Crippen LogP contribution in [-0.4, -0.2) is 32.4 Å². The SMILES string of the molecule is C[C@@H](Sc1nnc(-c2cc(-c3ccc(Cl)cc3)nc3ccccc23)o1)C(=O)NC1CC1. The highest BCUT2D eigenvalue weighted by Gasteiger charge is 2.27. The van der Waals surface area contributed by atoms with Crippen molar-refractivity contribution in [2.45, 2.75) is 36.3 Å². The number of hydrogen-bond acceptors (Lipinski definition) is 6. The summed E-state index contributed by atoms with van der Waals surface area (Å²) in [6.07, 6.45) is 2.11. The van der Waals surface area contributed by atoms with Crippen molar-refractivity contribution in [3.63, 3.8) is 0 Å². The number of aromatic nitrogens is 3. The number of carbonyl (C=O) groups excluding carboxylic acids is 1. The molecule has 0 radical (unpaired) electrons. The number of benzene rings is 2. The largest absolute Gasteiger partial charge is 0.411 e. The van der Waals surface area contributed by atoms with Crippen LogP contribution in [0.4, 0.5) is 0 Å². The Morgan fingerprint density at radius 1 is 1.16 bits per heavy atom. The third-order valence-corrected chi connectivity index (χ3v) is 6.25. The molecule has 2 aromatic carbocycles. The Balaban J connectivity index is 1.48. The lowest BCUT2D eigenvalue weighted by Gasteiger charge is -2.09. The molecular formula is C23H19ClN4O2S. The molecule has 2 heterocycles. The van der Waals surface area contributed by atoms with E-state index in [1.165, 1.54) is 11.8 Å². The smallest absolute Gasteiger partial charge is 0.277 e. The average Bonchev–Trinajstić information content (AvgIpc) is 3.48. The molecule has 2 aromatic heterocycles. The minimum atomic E-state index is -0.312. The van der Waals surface area contributed by atoms with Crippen LogP contribution in [0.25, 0.3) is 33.6 Å². The van der Waals surface area contributed by atoms with Crippen LogP contribution in [0.3, 0.4) is 0 Å². The topological polar surface area (TPSA) is 80.9 Å². The zero-order valence-corrected chi connectivity index (χ0v) is 18.3. The van der Waals surface area contributed by atoms with Crippen LogP contribution in [0.1, 0.15) is 19.8 Å². The molecule has 6 nitrogen and oxygen atoms in total. The van der Waals surface area contributed by atoms with Crippen molar-refractivity contribution in [2.75, 3.05) is 0 Å². The molecule has 1 atom stereocenters. The molecule has 156 valence electrons. The number of thioether (sulfide) groups is 1. The fourth-order valence-corrected chi connectivity index (χ4v) is 4.06. The number of nitrogens with one attached hydrogen (secondary N) is 1. The van der Waals surface area contributed by atoms with Crippen molar-refractivity contribution in [3.8, 4) is 22.7 Å². The number of rotatable bonds is 6. The maximum atomic E-state index is 12.2. The molecular weight excluding hydrogens is 432 g/mol. The molecule has 0 bridgehead atoms. The van der Waals surface area contributed by atoms with Gasteiger partial charge in [0, 0.05) is 22.0 Å². The number of pyridine rings is 1. The third kappa shape index (κ3) is 4.43. The summed E-state index contributed by atoms with van der Waals surface area (Å²) in [6.45, 7) is 1.84. The first-order valence-corrected chi connectivity index (χ1v) is 11.3. The van der Waals surface area contributed by atoms with E-state index in [0.717, 1.165) is 40.6 Å². The van der Waals surface area contributed by atoms with Crippen LogP contribution in [0, 0.1) is 0 Å². The number of hydrogen-bond donors (Lipinski definition) is 1. The third-order valence-electron chi connectivity index (χ3n) is 5.06. The van der Waals surface area contributed by atoms with E-state index >= 15 is 0 Å². The fourth-order valence-electron chi connectivity index (χ4n) is 3.24. The predicted molar refractivity (Wildman–Crippen MR) is 122 cm³/mol. The van der Waals surface area contributed by atoms with Crippen LogP contribution < -0.4 is 5.32 Å². The zero-order chi connectivity index (χ0) is 21.4. The summed E-state index contributed by atoms with van der Waals surface area (Å²) < 4.78 is 5.94. The van der Waals surface area contributed by atoms with Crippen molar-refractivity contribution < 1.29 is 9.21 Å². The summed E-state index contributed by atoms with van der Waals surface area (Å²) in [5.41, 5.74) is 3.35. The summed E-state index contributed by atoms with van der Waals surface area (Å²) >= 11 is 7.30. The van der Waals surface area contributed by atoms with E-state index in [2.05, 4.69) is 15.5 Å². The number of halogens is 1. The van der Waals surface area contributed by atoms with Crippen molar-refractivity contribution in [1.82, 2.24) is 20.5 Å². The van der Waals surface area contributed by atoms with Crippen molar-refractivity contribution in [3.05, 3.63) is 59.6 Å². The Morgan fingerprint density at radius 3 is 2.71 bits per heavy atom. The molecule has 0 spiro atoms. The van der Waals surface area contributed by atoms with Gasteiger partial charge in [0.15, 0.2) is 0 Å². The van der Waals surface area contributed by atoms with E-state index in [4.69, 9.17) is 21.0 Å². The van der Waals surface area contributed by atoms with Gasteiger partial charge in [-0.3, -0.25) is 4.79 Å². The second-order valence-electron chi connectivity index (χ2n) is 7.50. The van der Waals surface area contributed by atoms with Gasteiger partial charge in [-0.05, 0) is 44.0 Å². The summed E-state index contributed by atoms with van der Waals surface area (Å²) in [4.78, 5) is 17.0. The quantitative estimate of drug-likeness (QED) is 0.398. The Kier molecular flexibility index (Phi) is 5.38. The van der Waals surface area contributed by atoms with Gasteiger partial charge in [-0.1, -0.05) is 53.7 Å². The molecule has 4 aromatic rings. The Bertz CT molecular complexity index is 1250. The van der Waals surface area contributed by atoms with Gasteiger partial charge in [-0.25, -0.2) is 4.98 Å². The zero-order valence-electron chi connectivity index (χ0n) is 16.7. The molecule has 8 heteroatoms. The molecule has 1 fully saturated rings. The second-order valence-corrected chi connectivity index (χ2v) is 9.22. The van der Waals surface area contributed by atoms with Gasteiger partial charge in [-0.2, -0.15) is 0 Å². The lowest BCUT2D eigenvalue weighted by atomic mass is 10.0. The highest BCUT2D eigenvalue weighted by molar-refractivity contribution is 8.00. The standard InChI is InChI=1S/C23H19ClN4O2S/c1-13(21(29)25-16-10-11-16)31-23-28-27-22(30-23)18-12-20(14-6-8-15(24)9-7-14)26-19-5-3-2-4-17(18)19/h2-9,12-13,16H,10-11H2,1H3,(H,25,29)/t13-/m1/s1. The van der Waals surface area contributed by atoms with Crippen molar-refractivity contribution >= 4 is 40.2 Å². The first kappa shape index (κ1) is 20.0. The van der Waals surface area contributed by atoms with Crippen molar-refractivity contribution in [1.29, 1.82) is 0 Å². The molecule has 0 saturated heterocycles. The van der Waals surface area contributed by atoms with E-state index in [-0.39, 0.29) is 11.2 Å². The highest BCUT2D eigenvalue weighted by Crippen LogP contribution is 2.33. The molecule has 1 aliphatic carbocycles. The van der Waals surface area contributed by atoms with Crippen LogP contribution in [0.5, 0.6) is 0 Å². The molecule has 1 N–H and O–H groups in total. The molecule has 1 aliphatic rings. The number of para-hydroxylation sites is 1. The van der Waals surface area contributed by atoms with Crippen molar-refractivity contribution in [2.24, 2.45) is 0 Å². The van der Waals surface area contributed by atoms with E-state index in [0.29, 0.717) is 22.2 Å². The van der Waals surface area contributed by atoms with Gasteiger partial charge >= 0.3 is 0 Å². The lowest BCUT2D eigenvalue weighted by Crippen LogP contribution is -2.32. The van der Waals surface area contributed by atoms with Gasteiger partial charge in [0.05, 0.1) is 22.0 Å². The number of carbonyl (C=O) groups is 1. The maximum absolute atomic E-state index is 12.2. The van der Waals surface area contributed by atoms with E-state index < -0.39 is 0 Å². The lowest BCUT2D eigenvalue weighted by molar-refractivity contribution is -0.120. The summed E-state index contributed by atoms with van der Waals surface area (Å²) in [6, 6.07) is 17.6. The van der Waals surface area contributed by atoms with E-state index in [9.17, 15) is 4.79 Å². The van der Waals surface area contributed by atoms with Gasteiger partial charge < -0.3 is 9.73 Å². The van der Waals surface area contributed by atoms with Gasteiger partial charge in [0.25, 0.3) is 5.22 Å².